The van der Waals surface area contributed by atoms with Gasteiger partial charge in [-0.05, 0) is 32.0 Å². The summed E-state index contributed by atoms with van der Waals surface area (Å²) in [6.07, 6.45) is 1.80. The molecule has 1 N–H and O–H groups in total. The van der Waals surface area contributed by atoms with Gasteiger partial charge < -0.3 is 10.1 Å². The first-order chi connectivity index (χ1) is 8.81. The maximum absolute atomic E-state index is 5.60. The first kappa shape index (κ1) is 12.4. The van der Waals surface area contributed by atoms with Gasteiger partial charge in [0.25, 0.3) is 0 Å². The molecule has 0 bridgehead atoms. The highest BCUT2D eigenvalue weighted by molar-refractivity contribution is 5.48. The second-order valence-electron chi connectivity index (χ2n) is 4.03. The van der Waals surface area contributed by atoms with Crippen LogP contribution in [-0.2, 0) is 6.54 Å². The minimum atomic E-state index is 0.683. The Labute approximate surface area is 108 Å². The summed E-state index contributed by atoms with van der Waals surface area (Å²) in [4.78, 5) is 4.26. The molecule has 0 aliphatic carbocycles. The van der Waals surface area contributed by atoms with Gasteiger partial charge in [-0.25, -0.2) is 0 Å². The molecule has 3 heteroatoms. The lowest BCUT2D eigenvalue weighted by Gasteiger charge is -2.12. The zero-order valence-electron chi connectivity index (χ0n) is 10.8. The third-order valence-electron chi connectivity index (χ3n) is 2.75. The molecule has 3 nitrogen and oxygen atoms in total. The lowest BCUT2D eigenvalue weighted by molar-refractivity contribution is 0.337. The lowest BCUT2D eigenvalue weighted by atomic mass is 10.2. The van der Waals surface area contributed by atoms with Gasteiger partial charge >= 0.3 is 0 Å². The average Bonchev–Trinajstić information content (AvgIpc) is 2.40. The number of aryl methyl sites for hydroxylation is 1. The molecule has 1 aromatic carbocycles. The normalized spacial score (nSPS) is 10.1. The Morgan fingerprint density at radius 1 is 1.17 bits per heavy atom. The van der Waals surface area contributed by atoms with Crippen LogP contribution in [0.15, 0.2) is 42.6 Å². The molecular weight excluding hydrogens is 224 g/mol. The summed E-state index contributed by atoms with van der Waals surface area (Å²) in [7, 11) is 0. The van der Waals surface area contributed by atoms with Crippen molar-refractivity contribution in [2.24, 2.45) is 0 Å². The van der Waals surface area contributed by atoms with Crippen molar-refractivity contribution < 1.29 is 4.74 Å². The topological polar surface area (TPSA) is 34.1 Å². The minimum absolute atomic E-state index is 0.683. The molecule has 0 amide bonds. The molecule has 0 radical (unpaired) electrons. The van der Waals surface area contributed by atoms with Gasteiger partial charge in [-0.15, -0.1) is 0 Å². The van der Waals surface area contributed by atoms with Crippen molar-refractivity contribution in [3.8, 4) is 5.75 Å². The van der Waals surface area contributed by atoms with Gasteiger partial charge in [0.2, 0.25) is 0 Å². The molecule has 0 atom stereocenters. The first-order valence-electron chi connectivity index (χ1n) is 6.17. The molecule has 18 heavy (non-hydrogen) atoms. The van der Waals surface area contributed by atoms with Crippen LogP contribution in [0.1, 0.15) is 18.2 Å². The standard InChI is InChI=1S/C15H18N2O/c1-3-18-15-9-5-4-7-13(15)11-17-14-8-6-10-16-12(14)2/h4-10,17H,3,11H2,1-2H3. The Morgan fingerprint density at radius 2 is 2.00 bits per heavy atom. The van der Waals surface area contributed by atoms with E-state index in [9.17, 15) is 0 Å². The zero-order valence-corrected chi connectivity index (χ0v) is 10.8. The van der Waals surface area contributed by atoms with Crippen molar-refractivity contribution >= 4 is 5.69 Å². The van der Waals surface area contributed by atoms with E-state index in [0.717, 1.165) is 29.2 Å². The van der Waals surface area contributed by atoms with Crippen molar-refractivity contribution in [1.29, 1.82) is 0 Å². The van der Waals surface area contributed by atoms with Crippen LogP contribution in [-0.4, -0.2) is 11.6 Å². The summed E-state index contributed by atoms with van der Waals surface area (Å²) in [6, 6.07) is 12.1. The van der Waals surface area contributed by atoms with Crippen LogP contribution in [0.2, 0.25) is 0 Å². The van der Waals surface area contributed by atoms with Gasteiger partial charge in [-0.3, -0.25) is 4.98 Å². The van der Waals surface area contributed by atoms with E-state index >= 15 is 0 Å². The van der Waals surface area contributed by atoms with Crippen molar-refractivity contribution in [2.45, 2.75) is 20.4 Å². The Balaban J connectivity index is 2.08. The number of rotatable bonds is 5. The van der Waals surface area contributed by atoms with E-state index in [1.807, 2.05) is 44.2 Å². The summed E-state index contributed by atoms with van der Waals surface area (Å²) < 4.78 is 5.60. The number of benzene rings is 1. The van der Waals surface area contributed by atoms with Crippen LogP contribution in [0.5, 0.6) is 5.75 Å². The molecule has 94 valence electrons. The Morgan fingerprint density at radius 3 is 2.78 bits per heavy atom. The molecule has 0 saturated carbocycles. The molecule has 0 aliphatic rings. The summed E-state index contributed by atoms with van der Waals surface area (Å²) in [6.45, 7) is 5.41. The van der Waals surface area contributed by atoms with Crippen LogP contribution < -0.4 is 10.1 Å². The van der Waals surface area contributed by atoms with Gasteiger partial charge in [-0.2, -0.15) is 0 Å². The quantitative estimate of drug-likeness (QED) is 0.872. The Kier molecular flexibility index (Phi) is 4.18. The van der Waals surface area contributed by atoms with E-state index in [2.05, 4.69) is 16.4 Å². The summed E-state index contributed by atoms with van der Waals surface area (Å²) in [5.41, 5.74) is 3.22. The van der Waals surface area contributed by atoms with E-state index in [-0.39, 0.29) is 0 Å². The third-order valence-corrected chi connectivity index (χ3v) is 2.75. The number of para-hydroxylation sites is 1. The van der Waals surface area contributed by atoms with Crippen LogP contribution in [0.25, 0.3) is 0 Å². The fourth-order valence-corrected chi connectivity index (χ4v) is 1.81. The van der Waals surface area contributed by atoms with E-state index < -0.39 is 0 Å². The maximum Gasteiger partial charge on any atom is 0.124 e. The van der Waals surface area contributed by atoms with E-state index in [1.165, 1.54) is 0 Å². The van der Waals surface area contributed by atoms with Crippen molar-refractivity contribution in [3.05, 3.63) is 53.9 Å². The predicted molar refractivity (Wildman–Crippen MR) is 73.9 cm³/mol. The third kappa shape index (κ3) is 3.00. The molecule has 0 spiro atoms. The summed E-state index contributed by atoms with van der Waals surface area (Å²) in [5, 5.41) is 3.39. The zero-order chi connectivity index (χ0) is 12.8. The monoisotopic (exact) mass is 242 g/mol. The molecule has 0 fully saturated rings. The molecule has 0 saturated heterocycles. The smallest absolute Gasteiger partial charge is 0.124 e. The summed E-state index contributed by atoms with van der Waals surface area (Å²) in [5.74, 6) is 0.939. The number of hydrogen-bond donors (Lipinski definition) is 1. The van der Waals surface area contributed by atoms with Gasteiger partial charge in [0.1, 0.15) is 5.75 Å². The van der Waals surface area contributed by atoms with E-state index in [1.54, 1.807) is 6.20 Å². The van der Waals surface area contributed by atoms with Crippen LogP contribution in [0, 0.1) is 6.92 Å². The van der Waals surface area contributed by atoms with Crippen LogP contribution in [0.3, 0.4) is 0 Å². The number of pyridine rings is 1. The number of nitrogens with zero attached hydrogens (tertiary/aromatic N) is 1. The number of ether oxygens (including phenoxy) is 1. The number of aromatic nitrogens is 1. The highest BCUT2D eigenvalue weighted by atomic mass is 16.5. The molecule has 0 unspecified atom stereocenters. The highest BCUT2D eigenvalue weighted by Crippen LogP contribution is 2.20. The Hall–Kier alpha value is -2.03. The molecule has 0 aliphatic heterocycles. The van der Waals surface area contributed by atoms with E-state index in [0.29, 0.717) is 6.61 Å². The SMILES string of the molecule is CCOc1ccccc1CNc1cccnc1C. The second-order valence-corrected chi connectivity index (χ2v) is 4.03. The molecule has 2 aromatic rings. The molecule has 1 aromatic heterocycles. The van der Waals surface area contributed by atoms with Gasteiger partial charge in [0.15, 0.2) is 0 Å². The molecular formula is C15H18N2O. The average molecular weight is 242 g/mol. The van der Waals surface area contributed by atoms with Crippen LogP contribution in [0.4, 0.5) is 5.69 Å². The molecule has 1 heterocycles. The van der Waals surface area contributed by atoms with E-state index in [4.69, 9.17) is 4.74 Å². The number of hydrogen-bond acceptors (Lipinski definition) is 3. The highest BCUT2D eigenvalue weighted by Gasteiger charge is 2.03. The Bertz CT molecular complexity index is 511. The predicted octanol–water partition coefficient (Wildman–Crippen LogP) is 3.40. The van der Waals surface area contributed by atoms with Crippen molar-refractivity contribution in [1.82, 2.24) is 4.98 Å². The molecule has 2 rings (SSSR count). The van der Waals surface area contributed by atoms with Crippen LogP contribution >= 0.6 is 0 Å². The van der Waals surface area contributed by atoms with Gasteiger partial charge in [-0.1, -0.05) is 18.2 Å². The lowest BCUT2D eigenvalue weighted by Crippen LogP contribution is -2.04. The summed E-state index contributed by atoms with van der Waals surface area (Å²) >= 11 is 0. The maximum atomic E-state index is 5.60. The number of anilines is 1. The van der Waals surface area contributed by atoms with Crippen molar-refractivity contribution in [3.63, 3.8) is 0 Å². The minimum Gasteiger partial charge on any atom is -0.494 e. The fourth-order valence-electron chi connectivity index (χ4n) is 1.81. The van der Waals surface area contributed by atoms with Gasteiger partial charge in [0, 0.05) is 18.3 Å². The second kappa shape index (κ2) is 6.05. The largest absolute Gasteiger partial charge is 0.494 e. The fraction of sp³-hybridized carbons (Fsp3) is 0.267. The van der Waals surface area contributed by atoms with Crippen molar-refractivity contribution in [2.75, 3.05) is 11.9 Å². The van der Waals surface area contributed by atoms with Gasteiger partial charge in [0.05, 0.1) is 18.0 Å². The number of nitrogens with one attached hydrogen (secondary N) is 1. The first-order valence-corrected chi connectivity index (χ1v) is 6.17.